The van der Waals surface area contributed by atoms with Crippen molar-refractivity contribution in [3.63, 3.8) is 0 Å². The molecule has 2 aromatic rings. The number of rotatable bonds is 6. The zero-order valence-corrected chi connectivity index (χ0v) is 17.1. The molecule has 0 saturated heterocycles. The predicted molar refractivity (Wildman–Crippen MR) is 108 cm³/mol. The number of hydrogen-bond donors (Lipinski definition) is 1. The molecule has 1 aliphatic carbocycles. The number of carbonyl (C=O) groups excluding carboxylic acids is 2. The number of hydrogen-bond acceptors (Lipinski definition) is 5. The Morgan fingerprint density at radius 2 is 2.17 bits per heavy atom. The quantitative estimate of drug-likeness (QED) is 0.814. The molecule has 3 heterocycles. The summed E-state index contributed by atoms with van der Waals surface area (Å²) in [6, 6.07) is 3.63. The Hall–Kier alpha value is -2.96. The Kier molecular flexibility index (Phi) is 5.22. The molecule has 1 saturated carbocycles. The van der Waals surface area contributed by atoms with Crippen LogP contribution in [0.5, 0.6) is 5.88 Å². The lowest BCUT2D eigenvalue weighted by molar-refractivity contribution is -0.120. The van der Waals surface area contributed by atoms with Gasteiger partial charge in [0.2, 0.25) is 11.8 Å². The first kappa shape index (κ1) is 19.4. The average Bonchev–Trinajstić information content (AvgIpc) is 3.02. The largest absolute Gasteiger partial charge is 0.474 e. The van der Waals surface area contributed by atoms with Gasteiger partial charge in [-0.15, -0.1) is 0 Å². The standard InChI is InChI=1S/C22H26N4O3/c1-13-9-15(11-25-21(13)29-16-5-4-6-16)14(2)26-12-18-17(22(26)28)7-8-24-19(18)10-20(27)23-3/h7-9,11,14,16H,4-6,10,12H2,1-3H3,(H,23,27). The highest BCUT2D eigenvalue weighted by Gasteiger charge is 2.34. The third kappa shape index (κ3) is 3.69. The van der Waals surface area contributed by atoms with Crippen LogP contribution in [0.1, 0.15) is 65.0 Å². The highest BCUT2D eigenvalue weighted by atomic mass is 16.5. The van der Waals surface area contributed by atoms with Gasteiger partial charge in [0.15, 0.2) is 0 Å². The van der Waals surface area contributed by atoms with Crippen molar-refractivity contribution in [3.8, 4) is 5.88 Å². The number of nitrogens with one attached hydrogen (secondary N) is 1. The SMILES string of the molecule is CNC(=O)Cc1nccc2c1CN(C(C)c1cnc(OC3CCC3)c(C)c1)C2=O. The summed E-state index contributed by atoms with van der Waals surface area (Å²) >= 11 is 0. The lowest BCUT2D eigenvalue weighted by Crippen LogP contribution is -2.28. The summed E-state index contributed by atoms with van der Waals surface area (Å²) in [6.45, 7) is 4.43. The molecule has 1 atom stereocenters. The second-order valence-corrected chi connectivity index (χ2v) is 7.80. The molecule has 7 nitrogen and oxygen atoms in total. The number of aromatic nitrogens is 2. The van der Waals surface area contributed by atoms with Gasteiger partial charge >= 0.3 is 0 Å². The molecule has 29 heavy (non-hydrogen) atoms. The van der Waals surface area contributed by atoms with Gasteiger partial charge in [-0.3, -0.25) is 14.6 Å². The number of pyridine rings is 2. The smallest absolute Gasteiger partial charge is 0.255 e. The predicted octanol–water partition coefficient (Wildman–Crippen LogP) is 2.72. The van der Waals surface area contributed by atoms with E-state index in [0.29, 0.717) is 23.7 Å². The number of nitrogens with zero attached hydrogens (tertiary/aromatic N) is 3. The molecule has 1 unspecified atom stereocenters. The van der Waals surface area contributed by atoms with Gasteiger partial charge in [0, 0.05) is 42.7 Å². The summed E-state index contributed by atoms with van der Waals surface area (Å²) < 4.78 is 5.94. The molecule has 0 aromatic carbocycles. The van der Waals surface area contributed by atoms with Gasteiger partial charge in [0.1, 0.15) is 6.10 Å². The summed E-state index contributed by atoms with van der Waals surface area (Å²) in [6.07, 6.45) is 7.24. The van der Waals surface area contributed by atoms with Gasteiger partial charge in [-0.25, -0.2) is 4.98 Å². The van der Waals surface area contributed by atoms with Crippen LogP contribution in [0.25, 0.3) is 0 Å². The van der Waals surface area contributed by atoms with Crippen LogP contribution in [0.2, 0.25) is 0 Å². The average molecular weight is 394 g/mol. The summed E-state index contributed by atoms with van der Waals surface area (Å²) in [5, 5.41) is 2.61. The van der Waals surface area contributed by atoms with Crippen molar-refractivity contribution >= 4 is 11.8 Å². The van der Waals surface area contributed by atoms with E-state index in [-0.39, 0.29) is 30.4 Å². The number of fused-ring (bicyclic) bond motifs is 1. The lowest BCUT2D eigenvalue weighted by atomic mass is 9.96. The van der Waals surface area contributed by atoms with E-state index in [2.05, 4.69) is 15.3 Å². The van der Waals surface area contributed by atoms with E-state index in [1.54, 1.807) is 25.5 Å². The maximum Gasteiger partial charge on any atom is 0.255 e. The molecule has 152 valence electrons. The van der Waals surface area contributed by atoms with Crippen LogP contribution in [-0.4, -0.2) is 39.8 Å². The molecule has 2 aliphatic rings. The number of ether oxygens (including phenoxy) is 1. The van der Waals surface area contributed by atoms with E-state index in [9.17, 15) is 9.59 Å². The topological polar surface area (TPSA) is 84.4 Å². The van der Waals surface area contributed by atoms with Crippen LogP contribution < -0.4 is 10.1 Å². The normalized spacial score (nSPS) is 16.9. The second-order valence-electron chi connectivity index (χ2n) is 7.80. The first-order valence-corrected chi connectivity index (χ1v) is 10.1. The Morgan fingerprint density at radius 3 is 2.83 bits per heavy atom. The van der Waals surface area contributed by atoms with E-state index >= 15 is 0 Å². The highest BCUT2D eigenvalue weighted by Crippen LogP contribution is 2.34. The Morgan fingerprint density at radius 1 is 1.38 bits per heavy atom. The molecule has 0 radical (unpaired) electrons. The summed E-state index contributed by atoms with van der Waals surface area (Å²) in [5.74, 6) is 0.519. The second kappa shape index (κ2) is 7.81. The molecule has 2 amide bonds. The van der Waals surface area contributed by atoms with Gasteiger partial charge in [0.05, 0.1) is 18.2 Å². The third-order valence-corrected chi connectivity index (χ3v) is 5.90. The van der Waals surface area contributed by atoms with Crippen LogP contribution in [0, 0.1) is 6.92 Å². The van der Waals surface area contributed by atoms with Gasteiger partial charge < -0.3 is 15.0 Å². The van der Waals surface area contributed by atoms with Crippen LogP contribution in [0.15, 0.2) is 24.5 Å². The summed E-state index contributed by atoms with van der Waals surface area (Å²) in [4.78, 5) is 35.5. The molecular weight excluding hydrogens is 368 g/mol. The Bertz CT molecular complexity index is 955. The fourth-order valence-electron chi connectivity index (χ4n) is 3.78. The number of amides is 2. The van der Waals surface area contributed by atoms with Crippen molar-refractivity contribution in [2.24, 2.45) is 0 Å². The van der Waals surface area contributed by atoms with Crippen molar-refractivity contribution in [1.29, 1.82) is 0 Å². The van der Waals surface area contributed by atoms with Crippen molar-refractivity contribution < 1.29 is 14.3 Å². The molecule has 0 bridgehead atoms. The van der Waals surface area contributed by atoms with Crippen LogP contribution in [-0.2, 0) is 17.8 Å². The number of aryl methyl sites for hydroxylation is 1. The van der Waals surface area contributed by atoms with Crippen molar-refractivity contribution in [2.75, 3.05) is 7.05 Å². The van der Waals surface area contributed by atoms with Crippen molar-refractivity contribution in [2.45, 2.75) is 58.2 Å². The fourth-order valence-corrected chi connectivity index (χ4v) is 3.78. The third-order valence-electron chi connectivity index (χ3n) is 5.90. The Balaban J connectivity index is 1.54. The fraction of sp³-hybridized carbons (Fsp3) is 0.455. The van der Waals surface area contributed by atoms with Gasteiger partial charge in [-0.05, 0) is 50.8 Å². The monoisotopic (exact) mass is 394 g/mol. The maximum absolute atomic E-state index is 13.0. The van der Waals surface area contributed by atoms with Crippen LogP contribution in [0.4, 0.5) is 0 Å². The minimum Gasteiger partial charge on any atom is -0.474 e. The van der Waals surface area contributed by atoms with Gasteiger partial charge in [-0.2, -0.15) is 0 Å². The molecule has 1 aliphatic heterocycles. The minimum atomic E-state index is -0.147. The van der Waals surface area contributed by atoms with E-state index < -0.39 is 0 Å². The molecule has 7 heteroatoms. The molecule has 0 spiro atoms. The van der Waals surface area contributed by atoms with Crippen molar-refractivity contribution in [1.82, 2.24) is 20.2 Å². The highest BCUT2D eigenvalue weighted by molar-refractivity contribution is 5.99. The van der Waals surface area contributed by atoms with Crippen LogP contribution in [0.3, 0.4) is 0 Å². The molecule has 2 aromatic heterocycles. The lowest BCUT2D eigenvalue weighted by Gasteiger charge is -2.28. The van der Waals surface area contributed by atoms with Gasteiger partial charge in [0.25, 0.3) is 5.91 Å². The molecule has 1 fully saturated rings. The van der Waals surface area contributed by atoms with Crippen LogP contribution >= 0.6 is 0 Å². The minimum absolute atomic E-state index is 0.0412. The van der Waals surface area contributed by atoms with E-state index in [0.717, 1.165) is 29.5 Å². The molecular formula is C22H26N4O3. The van der Waals surface area contributed by atoms with Gasteiger partial charge in [-0.1, -0.05) is 0 Å². The summed E-state index contributed by atoms with van der Waals surface area (Å²) in [5.41, 5.74) is 4.06. The molecule has 4 rings (SSSR count). The zero-order chi connectivity index (χ0) is 20.5. The van der Waals surface area contributed by atoms with E-state index in [1.807, 2.05) is 24.8 Å². The zero-order valence-electron chi connectivity index (χ0n) is 17.1. The van der Waals surface area contributed by atoms with E-state index in [4.69, 9.17) is 4.74 Å². The first-order valence-electron chi connectivity index (χ1n) is 10.1. The number of likely N-dealkylation sites (N-methyl/N-ethyl adjacent to an activating group) is 1. The number of carbonyl (C=O) groups is 2. The molecule has 1 N–H and O–H groups in total. The maximum atomic E-state index is 13.0. The summed E-state index contributed by atoms with van der Waals surface area (Å²) in [7, 11) is 1.60. The van der Waals surface area contributed by atoms with Crippen molar-refractivity contribution in [3.05, 3.63) is 52.5 Å². The Labute approximate surface area is 170 Å². The first-order chi connectivity index (χ1) is 14.0. The van der Waals surface area contributed by atoms with E-state index in [1.165, 1.54) is 6.42 Å².